The van der Waals surface area contributed by atoms with Gasteiger partial charge in [0.25, 0.3) is 0 Å². The van der Waals surface area contributed by atoms with Crippen LogP contribution >= 0.6 is 0 Å². The van der Waals surface area contributed by atoms with Crippen LogP contribution in [0.4, 0.5) is 0 Å². The van der Waals surface area contributed by atoms with Crippen LogP contribution in [-0.2, 0) is 17.6 Å². The lowest BCUT2D eigenvalue weighted by Gasteiger charge is -2.06. The van der Waals surface area contributed by atoms with Gasteiger partial charge in [-0.15, -0.1) is 0 Å². The molecule has 0 N–H and O–H groups in total. The van der Waals surface area contributed by atoms with Crippen LogP contribution in [0.2, 0.25) is 0 Å². The molecule has 144 valence electrons. The smallest absolute Gasteiger partial charge is 0.231 e. The Hall–Kier alpha value is -2.40. The first kappa shape index (κ1) is 18.0. The van der Waals surface area contributed by atoms with E-state index in [1.165, 1.54) is 11.1 Å². The van der Waals surface area contributed by atoms with E-state index in [0.29, 0.717) is 13.6 Å². The van der Waals surface area contributed by atoms with Crippen molar-refractivity contribution < 1.29 is 23.7 Å². The molecule has 2 heterocycles. The van der Waals surface area contributed by atoms with Crippen molar-refractivity contribution in [2.45, 2.75) is 38.5 Å². The van der Waals surface area contributed by atoms with Gasteiger partial charge in [-0.2, -0.15) is 0 Å². The van der Waals surface area contributed by atoms with E-state index >= 15 is 0 Å². The van der Waals surface area contributed by atoms with Gasteiger partial charge in [-0.1, -0.05) is 12.1 Å². The quantitative estimate of drug-likeness (QED) is 0.576. The molecular weight excluding hydrogens is 344 g/mol. The van der Waals surface area contributed by atoms with E-state index in [0.717, 1.165) is 74.7 Å². The van der Waals surface area contributed by atoms with Crippen molar-refractivity contribution in [3.8, 4) is 23.0 Å². The fourth-order valence-corrected chi connectivity index (χ4v) is 3.36. The molecule has 0 amide bonds. The predicted molar refractivity (Wildman–Crippen MR) is 102 cm³/mol. The highest BCUT2D eigenvalue weighted by atomic mass is 16.7. The first-order valence-corrected chi connectivity index (χ1v) is 9.73. The molecular formula is C22H26O5. The molecule has 2 aliphatic heterocycles. The molecule has 0 saturated heterocycles. The summed E-state index contributed by atoms with van der Waals surface area (Å²) in [5.41, 5.74) is 2.59. The van der Waals surface area contributed by atoms with E-state index in [-0.39, 0.29) is 0 Å². The maximum absolute atomic E-state index is 5.77. The molecule has 27 heavy (non-hydrogen) atoms. The van der Waals surface area contributed by atoms with Crippen LogP contribution in [0, 0.1) is 0 Å². The van der Waals surface area contributed by atoms with Gasteiger partial charge in [-0.05, 0) is 73.9 Å². The van der Waals surface area contributed by atoms with Crippen molar-refractivity contribution in [3.05, 3.63) is 47.5 Å². The van der Waals surface area contributed by atoms with E-state index in [4.69, 9.17) is 23.7 Å². The summed E-state index contributed by atoms with van der Waals surface area (Å²) in [7, 11) is 0. The van der Waals surface area contributed by atoms with Crippen molar-refractivity contribution in [2.75, 3.05) is 26.8 Å². The van der Waals surface area contributed by atoms with E-state index in [9.17, 15) is 0 Å². The molecule has 2 aliphatic rings. The Labute approximate surface area is 160 Å². The van der Waals surface area contributed by atoms with Crippen LogP contribution in [-0.4, -0.2) is 26.8 Å². The second-order valence-corrected chi connectivity index (χ2v) is 6.90. The summed E-state index contributed by atoms with van der Waals surface area (Å²) in [5, 5.41) is 0. The lowest BCUT2D eigenvalue weighted by molar-refractivity contribution is 0.127. The number of aryl methyl sites for hydroxylation is 2. The molecule has 0 aromatic heterocycles. The molecule has 2 aromatic carbocycles. The van der Waals surface area contributed by atoms with Crippen LogP contribution in [0.3, 0.4) is 0 Å². The molecule has 0 fully saturated rings. The van der Waals surface area contributed by atoms with Gasteiger partial charge < -0.3 is 23.7 Å². The monoisotopic (exact) mass is 370 g/mol. The zero-order valence-corrected chi connectivity index (χ0v) is 15.6. The van der Waals surface area contributed by atoms with E-state index in [1.54, 1.807) is 0 Å². The van der Waals surface area contributed by atoms with Crippen LogP contribution in [0.5, 0.6) is 23.0 Å². The summed E-state index contributed by atoms with van der Waals surface area (Å²) in [5.74, 6) is 3.43. The van der Waals surface area contributed by atoms with Crippen molar-refractivity contribution in [1.82, 2.24) is 0 Å². The second-order valence-electron chi connectivity index (χ2n) is 6.90. The second kappa shape index (κ2) is 9.00. The Bertz CT molecular complexity index is 695. The summed E-state index contributed by atoms with van der Waals surface area (Å²) in [4.78, 5) is 0. The minimum Gasteiger partial charge on any atom is -0.454 e. The maximum atomic E-state index is 5.77. The third-order valence-corrected chi connectivity index (χ3v) is 4.88. The molecule has 0 saturated carbocycles. The Kier molecular flexibility index (Phi) is 5.99. The molecule has 2 aromatic rings. The average Bonchev–Trinajstić information content (AvgIpc) is 3.34. The first-order chi connectivity index (χ1) is 13.4. The minimum absolute atomic E-state index is 0.335. The molecule has 0 aliphatic carbocycles. The summed E-state index contributed by atoms with van der Waals surface area (Å²) < 4.78 is 27.3. The zero-order chi connectivity index (χ0) is 18.3. The SMILES string of the molecule is c1cc2c(cc1CCCCOCCCCc1ccc3c(c1)OCO3)OCO2. The number of benzene rings is 2. The Morgan fingerprint density at radius 2 is 1.07 bits per heavy atom. The van der Waals surface area contributed by atoms with Crippen molar-refractivity contribution in [1.29, 1.82) is 0 Å². The van der Waals surface area contributed by atoms with Gasteiger partial charge in [-0.3, -0.25) is 0 Å². The Balaban J connectivity index is 1.04. The van der Waals surface area contributed by atoms with Gasteiger partial charge >= 0.3 is 0 Å². The largest absolute Gasteiger partial charge is 0.454 e. The summed E-state index contributed by atoms with van der Waals surface area (Å²) in [6.07, 6.45) is 6.50. The molecule has 0 atom stereocenters. The normalized spacial score (nSPS) is 13.9. The van der Waals surface area contributed by atoms with Crippen molar-refractivity contribution in [2.24, 2.45) is 0 Å². The fourth-order valence-electron chi connectivity index (χ4n) is 3.36. The zero-order valence-electron chi connectivity index (χ0n) is 15.6. The highest BCUT2D eigenvalue weighted by Gasteiger charge is 2.13. The predicted octanol–water partition coefficient (Wildman–Crippen LogP) is 4.51. The van der Waals surface area contributed by atoms with Gasteiger partial charge in [0.1, 0.15) is 0 Å². The van der Waals surface area contributed by atoms with Crippen LogP contribution in [0.15, 0.2) is 36.4 Å². The van der Waals surface area contributed by atoms with Gasteiger partial charge in [0, 0.05) is 13.2 Å². The lowest BCUT2D eigenvalue weighted by atomic mass is 10.1. The molecule has 5 heteroatoms. The summed E-state index contributed by atoms with van der Waals surface area (Å²) >= 11 is 0. The number of hydrogen-bond donors (Lipinski definition) is 0. The van der Waals surface area contributed by atoms with E-state index in [1.807, 2.05) is 12.1 Å². The maximum Gasteiger partial charge on any atom is 0.231 e. The fraction of sp³-hybridized carbons (Fsp3) is 0.455. The molecule has 0 radical (unpaired) electrons. The van der Waals surface area contributed by atoms with Gasteiger partial charge in [0.2, 0.25) is 13.6 Å². The average molecular weight is 370 g/mol. The van der Waals surface area contributed by atoms with Crippen LogP contribution in [0.1, 0.15) is 36.8 Å². The van der Waals surface area contributed by atoms with Crippen molar-refractivity contribution in [3.63, 3.8) is 0 Å². The minimum atomic E-state index is 0.335. The summed E-state index contributed by atoms with van der Waals surface area (Å²) in [6.45, 7) is 2.33. The standard InChI is InChI=1S/C22H26O5/c1(5-17-7-9-19-21(13-17)26-15-24-19)3-11-23-12-4-2-6-18-8-10-20-22(14-18)27-16-25-20/h7-10,13-14H,1-6,11-12,15-16H2. The van der Waals surface area contributed by atoms with Gasteiger partial charge in [0.15, 0.2) is 23.0 Å². The first-order valence-electron chi connectivity index (χ1n) is 9.73. The van der Waals surface area contributed by atoms with E-state index < -0.39 is 0 Å². The van der Waals surface area contributed by atoms with Crippen LogP contribution < -0.4 is 18.9 Å². The molecule has 0 spiro atoms. The van der Waals surface area contributed by atoms with Crippen molar-refractivity contribution >= 4 is 0 Å². The summed E-state index contributed by atoms with van der Waals surface area (Å²) in [6, 6.07) is 12.4. The van der Waals surface area contributed by atoms with Gasteiger partial charge in [0.05, 0.1) is 0 Å². The number of ether oxygens (including phenoxy) is 5. The molecule has 0 bridgehead atoms. The molecule has 4 rings (SSSR count). The number of fused-ring (bicyclic) bond motifs is 2. The topological polar surface area (TPSA) is 46.2 Å². The highest BCUT2D eigenvalue weighted by molar-refractivity contribution is 5.45. The third-order valence-electron chi connectivity index (χ3n) is 4.88. The number of rotatable bonds is 10. The number of unbranched alkanes of at least 4 members (excludes halogenated alkanes) is 2. The highest BCUT2D eigenvalue weighted by Crippen LogP contribution is 2.33. The Morgan fingerprint density at radius 3 is 1.59 bits per heavy atom. The third kappa shape index (κ3) is 4.86. The number of hydrogen-bond acceptors (Lipinski definition) is 5. The molecule has 5 nitrogen and oxygen atoms in total. The van der Waals surface area contributed by atoms with E-state index in [2.05, 4.69) is 24.3 Å². The lowest BCUT2D eigenvalue weighted by Crippen LogP contribution is -1.99. The Morgan fingerprint density at radius 1 is 0.593 bits per heavy atom. The van der Waals surface area contributed by atoms with Crippen LogP contribution in [0.25, 0.3) is 0 Å². The molecule has 0 unspecified atom stereocenters. The van der Waals surface area contributed by atoms with Gasteiger partial charge in [-0.25, -0.2) is 0 Å².